The third-order valence-corrected chi connectivity index (χ3v) is 13.3. The van der Waals surface area contributed by atoms with E-state index >= 15 is 0 Å². The van der Waals surface area contributed by atoms with Crippen molar-refractivity contribution >= 4 is 61.0 Å². The van der Waals surface area contributed by atoms with E-state index in [-0.39, 0.29) is 39.1 Å². The Bertz CT molecular complexity index is 2150. The van der Waals surface area contributed by atoms with Gasteiger partial charge in [0.15, 0.2) is 12.2 Å². The molecule has 6 rings (SSSR count). The molecular formula is C48H72B2N6O14. The number of carbonyl (C=O) groups is 6. The van der Waals surface area contributed by atoms with Gasteiger partial charge in [0.25, 0.3) is 11.8 Å². The zero-order valence-electron chi connectivity index (χ0n) is 42.5. The number of nitrogens with zero attached hydrogens (tertiary/aromatic N) is 2. The molecule has 4 atom stereocenters. The van der Waals surface area contributed by atoms with Gasteiger partial charge < -0.3 is 69.8 Å². The Morgan fingerprint density at radius 1 is 0.643 bits per heavy atom. The first kappa shape index (κ1) is 55.7. The summed E-state index contributed by atoms with van der Waals surface area (Å²) in [5.74, 6) is -2.43. The van der Waals surface area contributed by atoms with Crippen molar-refractivity contribution in [2.75, 3.05) is 39.4 Å². The number of nitrogens with two attached hydrogens (primary N) is 2. The number of benzene rings is 2. The van der Waals surface area contributed by atoms with Crippen molar-refractivity contribution in [3.63, 3.8) is 0 Å². The second-order valence-electron chi connectivity index (χ2n) is 21.1. The summed E-state index contributed by atoms with van der Waals surface area (Å²) >= 11 is 0. The van der Waals surface area contributed by atoms with E-state index in [9.17, 15) is 33.9 Å². The van der Waals surface area contributed by atoms with Gasteiger partial charge in [0, 0.05) is 39.1 Å². The van der Waals surface area contributed by atoms with E-state index in [0.29, 0.717) is 26.0 Å². The molecule has 6 amide bonds. The van der Waals surface area contributed by atoms with Gasteiger partial charge in [-0.2, -0.15) is 0 Å². The summed E-state index contributed by atoms with van der Waals surface area (Å²) in [5, 5.41) is 14.5. The summed E-state index contributed by atoms with van der Waals surface area (Å²) in [4.78, 5) is 76.3. The van der Waals surface area contributed by atoms with Gasteiger partial charge in [-0.3, -0.25) is 19.2 Å². The molecule has 4 aliphatic heterocycles. The lowest BCUT2D eigenvalue weighted by molar-refractivity contribution is -0.136. The Balaban J connectivity index is 0.000000262. The first-order valence-electron chi connectivity index (χ1n) is 23.7. The molecule has 2 aromatic carbocycles. The lowest BCUT2D eigenvalue weighted by Gasteiger charge is -2.32. The quantitative estimate of drug-likeness (QED) is 0.190. The molecule has 4 saturated heterocycles. The van der Waals surface area contributed by atoms with Crippen LogP contribution in [0.1, 0.15) is 100 Å². The summed E-state index contributed by atoms with van der Waals surface area (Å²) in [6.07, 6.45) is -2.13. The third kappa shape index (κ3) is 14.7. The fourth-order valence-corrected chi connectivity index (χ4v) is 7.66. The minimum atomic E-state index is -1.12. The molecule has 22 heteroatoms. The fraction of sp³-hybridized carbons (Fsp3) is 0.625. The maximum absolute atomic E-state index is 13.0. The molecule has 0 bridgehead atoms. The van der Waals surface area contributed by atoms with Crippen LogP contribution in [-0.2, 0) is 64.8 Å². The molecule has 1 unspecified atom stereocenters. The average Bonchev–Trinajstić information content (AvgIpc) is 3.47. The van der Waals surface area contributed by atoms with Crippen molar-refractivity contribution in [2.45, 2.75) is 154 Å². The fourth-order valence-electron chi connectivity index (χ4n) is 7.66. The van der Waals surface area contributed by atoms with Crippen molar-refractivity contribution in [2.24, 2.45) is 11.5 Å². The normalized spacial score (nSPS) is 22.6. The van der Waals surface area contributed by atoms with E-state index in [0.717, 1.165) is 27.0 Å². The van der Waals surface area contributed by atoms with Crippen molar-refractivity contribution in [1.82, 2.24) is 20.4 Å². The molecule has 384 valence electrons. The van der Waals surface area contributed by atoms with Gasteiger partial charge in [0.1, 0.15) is 17.7 Å². The summed E-state index contributed by atoms with van der Waals surface area (Å²) in [6, 6.07) is 12.9. The van der Waals surface area contributed by atoms with Gasteiger partial charge >= 0.3 is 26.4 Å². The number of hydrogen-bond acceptors (Lipinski definition) is 13. The predicted molar refractivity (Wildman–Crippen MR) is 260 cm³/mol. The maximum atomic E-state index is 13.0. The van der Waals surface area contributed by atoms with E-state index in [2.05, 4.69) is 10.6 Å². The largest absolute Gasteiger partial charge is 0.494 e. The number of ether oxygens (including phenoxy) is 3. The second-order valence-corrected chi connectivity index (χ2v) is 21.1. The lowest BCUT2D eigenvalue weighted by Crippen LogP contribution is -2.52. The second kappa shape index (κ2) is 22.4. The SMILES string of the molecule is CC(C)(C)OC(=O)N1CCCOC(C(=O)N[C@@H](Cc2ccc(B3OC(C)(C)C(C)(C)O3)cc2)C(N)=O)C1.CC1(C)OB(c2ccc(C[C@H](NC(=O)[C@@H]3CN(C(=O)O)CCCO3)C(N)=O)cc2)OC1(C)C. The van der Waals surface area contributed by atoms with Gasteiger partial charge in [0.2, 0.25) is 11.8 Å². The first-order chi connectivity index (χ1) is 32.5. The van der Waals surface area contributed by atoms with Crippen LogP contribution in [0.3, 0.4) is 0 Å². The molecule has 0 saturated carbocycles. The van der Waals surface area contributed by atoms with E-state index in [1.54, 1.807) is 20.8 Å². The van der Waals surface area contributed by atoms with Gasteiger partial charge in [0.05, 0.1) is 35.5 Å². The molecule has 4 fully saturated rings. The van der Waals surface area contributed by atoms with Crippen LogP contribution in [-0.4, -0.2) is 157 Å². The number of amides is 6. The predicted octanol–water partition coefficient (Wildman–Crippen LogP) is 1.79. The minimum absolute atomic E-state index is 0.0228. The van der Waals surface area contributed by atoms with Crippen LogP contribution in [0.15, 0.2) is 48.5 Å². The summed E-state index contributed by atoms with van der Waals surface area (Å²) in [7, 11) is -0.994. The Morgan fingerprint density at radius 2 is 0.986 bits per heavy atom. The van der Waals surface area contributed by atoms with E-state index in [1.807, 2.05) is 104 Å². The molecule has 0 spiro atoms. The highest BCUT2D eigenvalue weighted by atomic mass is 16.7. The monoisotopic (exact) mass is 979 g/mol. The highest BCUT2D eigenvalue weighted by Crippen LogP contribution is 2.37. The maximum Gasteiger partial charge on any atom is 0.494 e. The first-order valence-corrected chi connectivity index (χ1v) is 23.7. The number of primary amides is 2. The van der Waals surface area contributed by atoms with Gasteiger partial charge in [-0.05, 0) is 111 Å². The Labute approximate surface area is 411 Å². The van der Waals surface area contributed by atoms with Gasteiger partial charge in [-0.1, -0.05) is 48.5 Å². The van der Waals surface area contributed by atoms with E-state index in [1.165, 1.54) is 4.90 Å². The molecule has 0 aromatic heterocycles. The molecule has 2 aromatic rings. The van der Waals surface area contributed by atoms with Crippen LogP contribution in [0.4, 0.5) is 9.59 Å². The molecule has 0 aliphatic carbocycles. The Kier molecular flexibility index (Phi) is 17.9. The smallest absolute Gasteiger partial charge is 0.465 e. The molecular weight excluding hydrogens is 906 g/mol. The van der Waals surface area contributed by atoms with Crippen molar-refractivity contribution in [3.05, 3.63) is 59.7 Å². The number of carboxylic acid groups (broad SMARTS) is 1. The van der Waals surface area contributed by atoms with Crippen LogP contribution in [0, 0.1) is 0 Å². The summed E-state index contributed by atoms with van der Waals surface area (Å²) in [5.41, 5.74) is 12.0. The molecule has 20 nitrogen and oxygen atoms in total. The highest BCUT2D eigenvalue weighted by molar-refractivity contribution is 6.62. The van der Waals surface area contributed by atoms with Gasteiger partial charge in [-0.25, -0.2) is 9.59 Å². The van der Waals surface area contributed by atoms with Crippen LogP contribution in [0.2, 0.25) is 0 Å². The average molecular weight is 979 g/mol. The van der Waals surface area contributed by atoms with Crippen LogP contribution in [0.25, 0.3) is 0 Å². The Morgan fingerprint density at radius 3 is 1.31 bits per heavy atom. The number of nitrogens with one attached hydrogen (secondary N) is 2. The summed E-state index contributed by atoms with van der Waals surface area (Å²) in [6.45, 7) is 22.4. The van der Waals surface area contributed by atoms with E-state index in [4.69, 9.17) is 44.3 Å². The molecule has 4 heterocycles. The number of hydrogen-bond donors (Lipinski definition) is 5. The number of carbonyl (C=O) groups excluding carboxylic acids is 5. The van der Waals surface area contributed by atoms with E-state index < -0.39 is 102 Å². The zero-order chi connectivity index (χ0) is 52.0. The lowest BCUT2D eigenvalue weighted by atomic mass is 9.78. The highest BCUT2D eigenvalue weighted by Gasteiger charge is 2.53. The van der Waals surface area contributed by atoms with Crippen LogP contribution in [0.5, 0.6) is 0 Å². The zero-order valence-corrected chi connectivity index (χ0v) is 42.5. The summed E-state index contributed by atoms with van der Waals surface area (Å²) < 4.78 is 40.9. The molecule has 70 heavy (non-hydrogen) atoms. The number of rotatable bonds is 12. The van der Waals surface area contributed by atoms with Crippen molar-refractivity contribution < 1.29 is 66.7 Å². The molecule has 4 aliphatic rings. The van der Waals surface area contributed by atoms with Crippen LogP contribution >= 0.6 is 0 Å². The minimum Gasteiger partial charge on any atom is -0.465 e. The van der Waals surface area contributed by atoms with Crippen LogP contribution < -0.4 is 33.0 Å². The van der Waals surface area contributed by atoms with Crippen molar-refractivity contribution in [3.8, 4) is 0 Å². The van der Waals surface area contributed by atoms with Gasteiger partial charge in [-0.15, -0.1) is 0 Å². The molecule has 7 N–H and O–H groups in total. The van der Waals surface area contributed by atoms with Crippen molar-refractivity contribution in [1.29, 1.82) is 0 Å². The Hall–Kier alpha value is -5.25. The molecule has 0 radical (unpaired) electrons. The standard InChI is InChI=1S/C26H40BN3O7.C22H32BN3O7/c1-24(2,3)35-23(33)30-13-8-14-34-20(16-30)22(32)29-19(21(28)31)15-17-9-11-18(12-10-17)27-36-25(4,5)26(6,7)37-27;1-21(2)22(3,4)33-23(32-21)15-8-6-14(7-9-15)12-16(18(24)27)25-19(28)17-13-26(20(29)30)10-5-11-31-17/h9-12,19-20H,8,13-16H2,1-7H3,(H2,28,31)(H,29,32);6-9,16-17H,5,10-13H2,1-4H3,(H2,24,27)(H,25,28)(H,29,30)/t19-,20?;16-,17-/m00/s1. The third-order valence-electron chi connectivity index (χ3n) is 13.3. The topological polar surface area (TPSA) is 270 Å².